The molecule has 4 amide bonds. The Balaban J connectivity index is 0.000000342. The monoisotopic (exact) mass is 1190 g/mol. The Hall–Kier alpha value is -7.50. The van der Waals surface area contributed by atoms with Gasteiger partial charge in [0.05, 0.1) is 129 Å². The molecule has 2 atom stereocenters. The zero-order valence-corrected chi connectivity index (χ0v) is 50.5. The molecule has 2 unspecified atom stereocenters. The summed E-state index contributed by atoms with van der Waals surface area (Å²) in [4.78, 5) is 79.2. The van der Waals surface area contributed by atoms with Gasteiger partial charge in [-0.1, -0.05) is 84.3 Å². The number of benzene rings is 4. The normalized spacial score (nSPS) is 13.0. The highest BCUT2D eigenvalue weighted by Crippen LogP contribution is 2.28. The molecule has 86 heavy (non-hydrogen) atoms. The first kappa shape index (κ1) is 69.3. The van der Waals surface area contributed by atoms with E-state index in [0.29, 0.717) is 18.8 Å². The Morgan fingerprint density at radius 2 is 0.826 bits per heavy atom. The molecule has 0 radical (unpaired) electrons. The minimum Gasteiger partial charge on any atom is -0.460 e. The van der Waals surface area contributed by atoms with E-state index in [4.69, 9.17) is 48.1 Å². The van der Waals surface area contributed by atoms with E-state index in [9.17, 15) is 28.8 Å². The van der Waals surface area contributed by atoms with Crippen LogP contribution < -0.4 is 20.4 Å². The number of hydrogen-bond acceptors (Lipinski definition) is 16. The molecular formula is C66H84N4O16. The number of anilines is 2. The number of carbonyl (C=O) groups excluding carboxylic acids is 6. The fourth-order valence-corrected chi connectivity index (χ4v) is 8.50. The lowest BCUT2D eigenvalue weighted by atomic mass is 10.0. The Morgan fingerprint density at radius 1 is 0.453 bits per heavy atom. The molecule has 2 aliphatic rings. The van der Waals surface area contributed by atoms with Gasteiger partial charge in [0.2, 0.25) is 23.6 Å². The molecule has 464 valence electrons. The van der Waals surface area contributed by atoms with Gasteiger partial charge >= 0.3 is 11.9 Å². The third-order valence-electron chi connectivity index (χ3n) is 12.5. The summed E-state index contributed by atoms with van der Waals surface area (Å²) in [5.41, 5.74) is 5.47. The number of hydrogen-bond donors (Lipinski definition) is 4. The number of aliphatic hydroxyl groups is 2. The molecule has 0 spiro atoms. The molecule has 0 saturated heterocycles. The van der Waals surface area contributed by atoms with Crippen molar-refractivity contribution >= 4 is 46.9 Å². The van der Waals surface area contributed by atoms with Crippen molar-refractivity contribution in [2.45, 2.75) is 117 Å². The number of aliphatic hydroxyl groups excluding tert-OH is 2. The second-order valence-corrected chi connectivity index (χ2v) is 21.9. The number of amides is 4. The lowest BCUT2D eigenvalue weighted by molar-refractivity contribution is -0.157. The third-order valence-corrected chi connectivity index (χ3v) is 12.5. The van der Waals surface area contributed by atoms with Gasteiger partial charge in [-0.3, -0.25) is 28.8 Å². The highest BCUT2D eigenvalue weighted by Gasteiger charge is 2.25. The fourth-order valence-electron chi connectivity index (χ4n) is 8.50. The van der Waals surface area contributed by atoms with Gasteiger partial charge in [0.25, 0.3) is 0 Å². The van der Waals surface area contributed by atoms with Gasteiger partial charge in [-0.05, 0) is 89.1 Å². The summed E-state index contributed by atoms with van der Waals surface area (Å²) in [6.45, 7) is 13.5. The molecule has 4 aromatic carbocycles. The summed E-state index contributed by atoms with van der Waals surface area (Å²) in [6, 6.07) is 30.5. The fraction of sp³-hybridized carbons (Fsp3) is 0.485. The minimum absolute atomic E-state index is 0.00388. The van der Waals surface area contributed by atoms with Crippen LogP contribution in [0.3, 0.4) is 0 Å². The van der Waals surface area contributed by atoms with Crippen LogP contribution in [0.5, 0.6) is 0 Å². The number of ether oxygens (including phenoxy) is 8. The number of rotatable bonds is 32. The molecule has 20 nitrogen and oxygen atoms in total. The van der Waals surface area contributed by atoms with Gasteiger partial charge < -0.3 is 68.5 Å². The highest BCUT2D eigenvalue weighted by molar-refractivity contribution is 5.98. The molecule has 2 heterocycles. The summed E-state index contributed by atoms with van der Waals surface area (Å²) in [6.07, 6.45) is -0.677. The lowest BCUT2D eigenvalue weighted by Crippen LogP contribution is -2.38. The van der Waals surface area contributed by atoms with Crippen molar-refractivity contribution in [1.82, 2.24) is 10.6 Å². The zero-order valence-electron chi connectivity index (χ0n) is 50.5. The van der Waals surface area contributed by atoms with Crippen LogP contribution in [-0.2, 0) is 79.8 Å². The summed E-state index contributed by atoms with van der Waals surface area (Å²) in [5, 5.41) is 23.4. The summed E-state index contributed by atoms with van der Waals surface area (Å²) in [5.74, 6) is 11.1. The van der Waals surface area contributed by atoms with Crippen molar-refractivity contribution in [3.63, 3.8) is 0 Å². The van der Waals surface area contributed by atoms with E-state index in [2.05, 4.69) is 34.3 Å². The number of para-hydroxylation sites is 2. The molecule has 4 aromatic rings. The maximum Gasteiger partial charge on any atom is 0.308 e. The SMILES string of the molecule is CC(C)(C)OC(=O)CCOCCOCC(CNC(=O)CCC(=O)N1Cc2ccccc2C#Cc2ccccc21)OCCOCCC(=O)OC(C)(C)C.O=C(CCC(=O)N1Cc2ccccc2C#Cc2ccccc21)NCC(COCCO)OCCO. The molecule has 2 aliphatic heterocycles. The van der Waals surface area contributed by atoms with Gasteiger partial charge in [-0.2, -0.15) is 0 Å². The lowest BCUT2D eigenvalue weighted by Gasteiger charge is -2.26. The molecule has 0 saturated carbocycles. The second kappa shape index (κ2) is 37.1. The number of nitrogens with one attached hydrogen (secondary N) is 2. The van der Waals surface area contributed by atoms with Crippen LogP contribution in [0, 0.1) is 23.7 Å². The van der Waals surface area contributed by atoms with Crippen molar-refractivity contribution in [1.29, 1.82) is 0 Å². The topological polar surface area (TPSA) is 247 Å². The molecule has 0 aromatic heterocycles. The predicted molar refractivity (Wildman–Crippen MR) is 322 cm³/mol. The van der Waals surface area contributed by atoms with Crippen LogP contribution in [0.2, 0.25) is 0 Å². The van der Waals surface area contributed by atoms with E-state index in [1.165, 1.54) is 0 Å². The van der Waals surface area contributed by atoms with Crippen LogP contribution in [0.1, 0.15) is 113 Å². The Labute approximate surface area is 505 Å². The molecule has 0 bridgehead atoms. The van der Waals surface area contributed by atoms with Crippen LogP contribution in [0.15, 0.2) is 97.1 Å². The van der Waals surface area contributed by atoms with Gasteiger partial charge in [-0.25, -0.2) is 0 Å². The van der Waals surface area contributed by atoms with Crippen molar-refractivity contribution in [2.75, 3.05) is 102 Å². The van der Waals surface area contributed by atoms with E-state index < -0.39 is 23.4 Å². The van der Waals surface area contributed by atoms with Crippen LogP contribution >= 0.6 is 0 Å². The molecule has 20 heteroatoms. The first-order valence-corrected chi connectivity index (χ1v) is 29.0. The smallest absolute Gasteiger partial charge is 0.308 e. The average Bonchev–Trinajstić information content (AvgIpc) is 3.26. The van der Waals surface area contributed by atoms with Gasteiger partial charge in [0.1, 0.15) is 11.2 Å². The summed E-state index contributed by atoms with van der Waals surface area (Å²) in [7, 11) is 0. The van der Waals surface area contributed by atoms with Crippen molar-refractivity contribution in [3.05, 3.63) is 130 Å². The zero-order chi connectivity index (χ0) is 62.2. The number of esters is 2. The van der Waals surface area contributed by atoms with E-state index in [1.54, 1.807) is 30.6 Å². The first-order chi connectivity index (χ1) is 41.3. The highest BCUT2D eigenvalue weighted by atomic mass is 16.6. The van der Waals surface area contributed by atoms with Gasteiger partial charge in [0.15, 0.2) is 0 Å². The Kier molecular flexibility index (Phi) is 29.9. The van der Waals surface area contributed by atoms with Crippen molar-refractivity contribution in [3.8, 4) is 23.7 Å². The average molecular weight is 1190 g/mol. The first-order valence-electron chi connectivity index (χ1n) is 29.0. The molecule has 0 aliphatic carbocycles. The van der Waals surface area contributed by atoms with Gasteiger partial charge in [-0.15, -0.1) is 0 Å². The summed E-state index contributed by atoms with van der Waals surface area (Å²) >= 11 is 0. The Bertz CT molecular complexity index is 2950. The van der Waals surface area contributed by atoms with Crippen molar-refractivity contribution in [2.24, 2.45) is 0 Å². The molecule has 6 rings (SSSR count). The van der Waals surface area contributed by atoms with E-state index >= 15 is 0 Å². The van der Waals surface area contributed by atoms with Crippen LogP contribution in [0.25, 0.3) is 0 Å². The Morgan fingerprint density at radius 3 is 1.27 bits per heavy atom. The maximum absolute atomic E-state index is 13.5. The summed E-state index contributed by atoms with van der Waals surface area (Å²) < 4.78 is 44.0. The maximum atomic E-state index is 13.5. The number of carbonyl (C=O) groups is 6. The second-order valence-electron chi connectivity index (χ2n) is 21.9. The van der Waals surface area contributed by atoms with Crippen molar-refractivity contribution < 1.29 is 76.9 Å². The number of nitrogens with zero attached hydrogens (tertiary/aromatic N) is 2. The van der Waals surface area contributed by atoms with E-state index in [1.807, 2.05) is 118 Å². The largest absolute Gasteiger partial charge is 0.460 e. The predicted octanol–water partition coefficient (Wildman–Crippen LogP) is 5.94. The molecule has 0 fully saturated rings. The van der Waals surface area contributed by atoms with E-state index in [-0.39, 0.29) is 166 Å². The minimum atomic E-state index is -0.562. The number of fused-ring (bicyclic) bond motifs is 4. The van der Waals surface area contributed by atoms with Crippen LogP contribution in [-0.4, -0.2) is 162 Å². The van der Waals surface area contributed by atoms with Gasteiger partial charge in [0, 0.05) is 61.0 Å². The van der Waals surface area contributed by atoms with Crippen LogP contribution in [0.4, 0.5) is 11.4 Å². The quantitative estimate of drug-likeness (QED) is 0.0251. The van der Waals surface area contributed by atoms with E-state index in [0.717, 1.165) is 39.1 Å². The molecular weight excluding hydrogens is 1100 g/mol. The molecule has 4 N–H and O–H groups in total. The standard InChI is InChI=1S/C40H54N2O10.C26H30N2O6/c1-39(2,3)51-37(45)19-21-47-23-24-49-29-33(50-26-25-48-22-20-38(46)52-40(4,5)6)27-41-35(43)17-18-36(44)42-28-32-13-8-7-11-30(32)15-16-31-12-9-10-14-34(31)42;29-13-15-33-19-23(34-16-14-30)17-27-25(31)11-12-26(32)28-18-22-7-2-1-5-20(22)9-10-21-6-3-4-8-24(21)28/h7-14,33H,17-29H2,1-6H3,(H,41,43);1-8,23,29-30H,11-19H2,(H,27,31). The third kappa shape index (κ3) is 26.4.